The summed E-state index contributed by atoms with van der Waals surface area (Å²) in [4.78, 5) is 11.9. The fourth-order valence-corrected chi connectivity index (χ4v) is 1.99. The largest absolute Gasteiger partial charge is 0.360 e. The Morgan fingerprint density at radius 1 is 1.29 bits per heavy atom. The van der Waals surface area contributed by atoms with E-state index in [9.17, 15) is 4.79 Å². The molecule has 1 aromatic rings. The number of epoxide rings is 1. The highest BCUT2D eigenvalue weighted by Crippen LogP contribution is 2.44. The molecule has 1 fully saturated rings. The monoisotopic (exact) mass is 186 g/mol. The minimum Gasteiger partial charge on any atom is -0.360 e. The summed E-state index contributed by atoms with van der Waals surface area (Å²) < 4.78 is 5.47. The number of benzene rings is 1. The summed E-state index contributed by atoms with van der Waals surface area (Å²) in [5, 5.41) is 0. The minimum absolute atomic E-state index is 0.118. The summed E-state index contributed by atoms with van der Waals surface area (Å²) in [7, 11) is 0. The number of ketones is 1. The second-order valence-corrected chi connectivity index (χ2v) is 3.79. The lowest BCUT2D eigenvalue weighted by molar-refractivity contribution is 0.103. The predicted octanol–water partition coefficient (Wildman–Crippen LogP) is 2.27. The Hall–Kier alpha value is -1.41. The average molecular weight is 186 g/mol. The lowest BCUT2D eigenvalue weighted by Gasteiger charge is -2.04. The van der Waals surface area contributed by atoms with Gasteiger partial charge in [-0.25, -0.2) is 0 Å². The summed E-state index contributed by atoms with van der Waals surface area (Å²) in [6, 6.07) is 7.70. The zero-order valence-corrected chi connectivity index (χ0v) is 7.86. The zero-order chi connectivity index (χ0) is 9.71. The molecule has 1 saturated heterocycles. The molecule has 0 radical (unpaired) electrons. The lowest BCUT2D eigenvalue weighted by Crippen LogP contribution is -2.02. The predicted molar refractivity (Wildman–Crippen MR) is 52.1 cm³/mol. The van der Waals surface area contributed by atoms with Gasteiger partial charge in [-0.15, -0.1) is 0 Å². The quantitative estimate of drug-likeness (QED) is 0.582. The Kier molecular flexibility index (Phi) is 1.45. The summed E-state index contributed by atoms with van der Waals surface area (Å²) in [6.45, 7) is 1.85. The van der Waals surface area contributed by atoms with Crippen LogP contribution in [0.1, 0.15) is 28.9 Å². The first-order chi connectivity index (χ1) is 6.77. The van der Waals surface area contributed by atoms with Crippen LogP contribution in [0.25, 0.3) is 0 Å². The van der Waals surface area contributed by atoms with E-state index in [0.717, 1.165) is 16.7 Å². The van der Waals surface area contributed by atoms with E-state index >= 15 is 0 Å². The van der Waals surface area contributed by atoms with Crippen molar-refractivity contribution in [2.75, 3.05) is 0 Å². The van der Waals surface area contributed by atoms with Crippen molar-refractivity contribution in [1.82, 2.24) is 0 Å². The SMILES string of the molecule is CC1=CC2OC2c2ccccc2C1=O. The number of carbonyl (C=O) groups excluding carboxylic acids is 1. The van der Waals surface area contributed by atoms with Gasteiger partial charge in [0.2, 0.25) is 0 Å². The number of hydrogen-bond donors (Lipinski definition) is 0. The number of hydrogen-bond acceptors (Lipinski definition) is 2. The van der Waals surface area contributed by atoms with E-state index in [0.29, 0.717) is 0 Å². The van der Waals surface area contributed by atoms with Crippen LogP contribution < -0.4 is 0 Å². The van der Waals surface area contributed by atoms with Crippen molar-refractivity contribution in [3.63, 3.8) is 0 Å². The fourth-order valence-electron chi connectivity index (χ4n) is 1.99. The standard InChI is InChI=1S/C12H10O2/c1-7-6-10-12(14-10)9-5-3-2-4-8(9)11(7)13/h2-6,10,12H,1H3. The molecule has 2 heteroatoms. The molecule has 2 atom stereocenters. The lowest BCUT2D eigenvalue weighted by atomic mass is 10.00. The smallest absolute Gasteiger partial charge is 0.188 e. The van der Waals surface area contributed by atoms with Gasteiger partial charge in [0.1, 0.15) is 12.2 Å². The Balaban J connectivity index is 2.22. The number of rotatable bonds is 0. The molecule has 14 heavy (non-hydrogen) atoms. The van der Waals surface area contributed by atoms with Crippen molar-refractivity contribution in [3.8, 4) is 0 Å². The average Bonchev–Trinajstić information content (AvgIpc) is 2.95. The molecular formula is C12H10O2. The van der Waals surface area contributed by atoms with Crippen molar-refractivity contribution >= 4 is 5.78 Å². The van der Waals surface area contributed by atoms with Crippen LogP contribution in [0, 0.1) is 0 Å². The van der Waals surface area contributed by atoms with E-state index in [1.165, 1.54) is 0 Å². The maximum atomic E-state index is 11.9. The minimum atomic E-state index is 0.118. The molecule has 0 spiro atoms. The van der Waals surface area contributed by atoms with Crippen LogP contribution in [0.2, 0.25) is 0 Å². The van der Waals surface area contributed by atoms with Crippen molar-refractivity contribution in [2.45, 2.75) is 19.1 Å². The van der Waals surface area contributed by atoms with Gasteiger partial charge >= 0.3 is 0 Å². The molecule has 3 rings (SSSR count). The van der Waals surface area contributed by atoms with Crippen LogP contribution in [-0.2, 0) is 4.74 Å². The fraction of sp³-hybridized carbons (Fsp3) is 0.250. The van der Waals surface area contributed by atoms with E-state index in [1.54, 1.807) is 0 Å². The van der Waals surface area contributed by atoms with Gasteiger partial charge in [-0.2, -0.15) is 0 Å². The van der Waals surface area contributed by atoms with Crippen LogP contribution >= 0.6 is 0 Å². The van der Waals surface area contributed by atoms with Crippen LogP contribution in [-0.4, -0.2) is 11.9 Å². The highest BCUT2D eigenvalue weighted by Gasteiger charge is 2.42. The van der Waals surface area contributed by atoms with Gasteiger partial charge in [-0.3, -0.25) is 4.79 Å². The molecule has 70 valence electrons. The number of Topliss-reactive ketones (excluding diaryl/α,β-unsaturated/α-hetero) is 1. The van der Waals surface area contributed by atoms with Crippen LogP contribution in [0.4, 0.5) is 0 Å². The van der Waals surface area contributed by atoms with Crippen molar-refractivity contribution in [2.24, 2.45) is 0 Å². The number of allylic oxidation sites excluding steroid dienone is 1. The maximum Gasteiger partial charge on any atom is 0.188 e. The summed E-state index contributed by atoms with van der Waals surface area (Å²) in [6.07, 6.45) is 2.17. The molecule has 0 aromatic heterocycles. The van der Waals surface area contributed by atoms with Gasteiger partial charge in [0.15, 0.2) is 5.78 Å². The molecule has 2 aliphatic rings. The highest BCUT2D eigenvalue weighted by molar-refractivity contribution is 6.10. The highest BCUT2D eigenvalue weighted by atomic mass is 16.6. The van der Waals surface area contributed by atoms with Crippen LogP contribution in [0.15, 0.2) is 35.9 Å². The molecule has 1 aliphatic carbocycles. The number of carbonyl (C=O) groups is 1. The molecule has 0 amide bonds. The Bertz CT molecular complexity index is 445. The van der Waals surface area contributed by atoms with E-state index in [2.05, 4.69) is 0 Å². The van der Waals surface area contributed by atoms with Gasteiger partial charge in [0.25, 0.3) is 0 Å². The molecular weight excluding hydrogens is 176 g/mol. The van der Waals surface area contributed by atoms with Gasteiger partial charge in [0, 0.05) is 5.56 Å². The Morgan fingerprint density at radius 3 is 2.93 bits per heavy atom. The first kappa shape index (κ1) is 7.94. The Morgan fingerprint density at radius 2 is 2.07 bits per heavy atom. The molecule has 1 heterocycles. The van der Waals surface area contributed by atoms with Gasteiger partial charge in [-0.05, 0) is 24.1 Å². The van der Waals surface area contributed by atoms with Crippen LogP contribution in [0.5, 0.6) is 0 Å². The molecule has 0 N–H and O–H groups in total. The first-order valence-electron chi connectivity index (χ1n) is 4.75. The number of ether oxygens (including phenoxy) is 1. The van der Waals surface area contributed by atoms with Gasteiger partial charge < -0.3 is 4.74 Å². The van der Waals surface area contributed by atoms with Gasteiger partial charge in [-0.1, -0.05) is 24.3 Å². The second kappa shape index (κ2) is 2.55. The summed E-state index contributed by atoms with van der Waals surface area (Å²) >= 11 is 0. The molecule has 2 nitrogen and oxygen atoms in total. The van der Waals surface area contributed by atoms with E-state index in [1.807, 2.05) is 37.3 Å². The molecule has 1 aliphatic heterocycles. The molecule has 0 saturated carbocycles. The van der Waals surface area contributed by atoms with Gasteiger partial charge in [0.05, 0.1) is 0 Å². The molecule has 0 bridgehead atoms. The Labute approximate surface area is 82.2 Å². The maximum absolute atomic E-state index is 11.9. The first-order valence-corrected chi connectivity index (χ1v) is 4.75. The van der Waals surface area contributed by atoms with Crippen molar-refractivity contribution in [3.05, 3.63) is 47.0 Å². The van der Waals surface area contributed by atoms with E-state index < -0.39 is 0 Å². The summed E-state index contributed by atoms with van der Waals surface area (Å²) in [5.41, 5.74) is 2.63. The second-order valence-electron chi connectivity index (χ2n) is 3.79. The normalized spacial score (nSPS) is 28.6. The van der Waals surface area contributed by atoms with Crippen LogP contribution in [0.3, 0.4) is 0 Å². The topological polar surface area (TPSA) is 29.6 Å². The summed E-state index contributed by atoms with van der Waals surface area (Å²) in [5.74, 6) is 0.136. The van der Waals surface area contributed by atoms with Crippen molar-refractivity contribution < 1.29 is 9.53 Å². The molecule has 1 aromatic carbocycles. The van der Waals surface area contributed by atoms with E-state index in [4.69, 9.17) is 4.74 Å². The molecule has 2 unspecified atom stereocenters. The van der Waals surface area contributed by atoms with E-state index in [-0.39, 0.29) is 18.0 Å². The third-order valence-corrected chi connectivity index (χ3v) is 2.81. The third-order valence-electron chi connectivity index (χ3n) is 2.81. The van der Waals surface area contributed by atoms with Crippen molar-refractivity contribution in [1.29, 1.82) is 0 Å². The number of fused-ring (bicyclic) bond motifs is 3. The zero-order valence-electron chi connectivity index (χ0n) is 7.86. The third kappa shape index (κ3) is 0.976.